The second kappa shape index (κ2) is 20.1. The number of rotatable bonds is 19. The third-order valence-electron chi connectivity index (χ3n) is 11.4. The predicted octanol–water partition coefficient (Wildman–Crippen LogP) is 7.79. The molecular formula is C46H69N7O8S2. The number of carbonyl (C=O) groups is 4. The third kappa shape index (κ3) is 12.8. The highest BCUT2D eigenvalue weighted by atomic mass is 32.2. The molecule has 63 heavy (non-hydrogen) atoms. The highest BCUT2D eigenvalue weighted by Crippen LogP contribution is 2.41. The largest absolute Gasteiger partial charge is 0.459 e. The Morgan fingerprint density at radius 3 is 2.30 bits per heavy atom. The molecule has 3 aromatic rings. The number of primary amides is 1. The molecule has 348 valence electrons. The minimum atomic E-state index is -3.62. The zero-order valence-electron chi connectivity index (χ0n) is 38.9. The number of benzene rings is 1. The van der Waals surface area contributed by atoms with Gasteiger partial charge in [0, 0.05) is 28.8 Å². The molecule has 5 rings (SSSR count). The van der Waals surface area contributed by atoms with Crippen molar-refractivity contribution in [3.63, 3.8) is 0 Å². The van der Waals surface area contributed by atoms with E-state index in [-0.39, 0.29) is 42.5 Å². The Morgan fingerprint density at radius 2 is 1.70 bits per heavy atom. The van der Waals surface area contributed by atoms with Crippen LogP contribution in [0.3, 0.4) is 0 Å². The average molecular weight is 912 g/mol. The number of carbonyl (C=O) groups excluding carboxylic acids is 4. The molecule has 0 bridgehead atoms. The van der Waals surface area contributed by atoms with Crippen LogP contribution in [0.25, 0.3) is 21.6 Å². The number of para-hydroxylation sites is 1. The zero-order chi connectivity index (χ0) is 46.6. The second-order valence-corrected chi connectivity index (χ2v) is 22.6. The lowest BCUT2D eigenvalue weighted by Gasteiger charge is -2.35. The summed E-state index contributed by atoms with van der Waals surface area (Å²) in [6, 6.07) is 4.34. The van der Waals surface area contributed by atoms with E-state index >= 15 is 0 Å². The number of hydrogen-bond donors (Lipinski definition) is 3. The number of aryl methyl sites for hydroxylation is 1. The third-order valence-corrected chi connectivity index (χ3v) is 13.9. The normalized spacial score (nSPS) is 19.9. The molecule has 15 nitrogen and oxygen atoms in total. The number of aromatic nitrogens is 3. The number of likely N-dealkylation sites (tertiary alicyclic amines) is 1. The van der Waals surface area contributed by atoms with Crippen molar-refractivity contribution in [1.82, 2.24) is 29.5 Å². The Balaban J connectivity index is 1.27. The van der Waals surface area contributed by atoms with Crippen LogP contribution in [0, 0.1) is 17.3 Å². The fourth-order valence-corrected chi connectivity index (χ4v) is 10.5. The molecule has 4 N–H and O–H groups in total. The Hall–Kier alpha value is -4.51. The van der Waals surface area contributed by atoms with Crippen LogP contribution < -0.4 is 20.5 Å². The van der Waals surface area contributed by atoms with Gasteiger partial charge < -0.3 is 25.4 Å². The van der Waals surface area contributed by atoms with Crippen LogP contribution in [0.5, 0.6) is 6.01 Å². The molecular weight excluding hydrogens is 843 g/mol. The zero-order valence-corrected chi connectivity index (χ0v) is 40.6. The van der Waals surface area contributed by atoms with Gasteiger partial charge in [-0.15, -0.1) is 11.3 Å². The summed E-state index contributed by atoms with van der Waals surface area (Å²) in [4.78, 5) is 64.8. The number of unbranched alkanes of at least 4 members (excludes halogenated alkanes) is 2. The first-order valence-corrected chi connectivity index (χ1v) is 24.8. The quantitative estimate of drug-likeness (QED) is 0.0787. The number of fused-ring (bicyclic) bond motifs is 1. The summed E-state index contributed by atoms with van der Waals surface area (Å²) in [5, 5.41) is 3.58. The van der Waals surface area contributed by atoms with Crippen molar-refractivity contribution in [1.29, 1.82) is 0 Å². The maximum absolute atomic E-state index is 14.2. The smallest absolute Gasteiger partial charge is 0.408 e. The maximum Gasteiger partial charge on any atom is 0.408 e. The summed E-state index contributed by atoms with van der Waals surface area (Å²) in [6.07, 6.45) is 8.24. The highest BCUT2D eigenvalue weighted by molar-refractivity contribution is 7.90. The first-order chi connectivity index (χ1) is 29.4. The van der Waals surface area contributed by atoms with Crippen LogP contribution in [-0.2, 0) is 35.6 Å². The van der Waals surface area contributed by atoms with Gasteiger partial charge in [-0.25, -0.2) is 18.2 Å². The van der Waals surface area contributed by atoms with Gasteiger partial charge in [-0.05, 0) is 103 Å². The molecule has 1 aliphatic carbocycles. The molecule has 1 aliphatic heterocycles. The van der Waals surface area contributed by atoms with Crippen LogP contribution in [0.15, 0.2) is 30.4 Å². The van der Waals surface area contributed by atoms with Gasteiger partial charge >= 0.3 is 6.09 Å². The molecule has 2 aliphatic rings. The number of alkyl carbamates (subject to hydrolysis) is 1. The number of nitrogens with one attached hydrogen (secondary N) is 2. The second-order valence-electron chi connectivity index (χ2n) is 19.6. The van der Waals surface area contributed by atoms with Crippen LogP contribution in [0.2, 0.25) is 0 Å². The van der Waals surface area contributed by atoms with E-state index in [9.17, 15) is 27.6 Å². The lowest BCUT2D eigenvalue weighted by Crippen LogP contribution is -2.58. The molecule has 4 amide bonds. The number of amides is 4. The summed E-state index contributed by atoms with van der Waals surface area (Å²) >= 11 is 1.65. The van der Waals surface area contributed by atoms with Gasteiger partial charge in [-0.2, -0.15) is 4.98 Å². The van der Waals surface area contributed by atoms with E-state index in [0.717, 1.165) is 59.4 Å². The number of imidazole rings is 1. The number of nitrogens with two attached hydrogens (primary N) is 1. The first kappa shape index (κ1) is 49.5. The number of thiazole rings is 1. The Labute approximate surface area is 377 Å². The fourth-order valence-electron chi connectivity index (χ4n) is 8.05. The lowest BCUT2D eigenvalue weighted by atomic mass is 9.85. The molecule has 17 heteroatoms. The number of hydrogen-bond acceptors (Lipinski definition) is 11. The first-order valence-electron chi connectivity index (χ1n) is 22.4. The van der Waals surface area contributed by atoms with Crippen molar-refractivity contribution < 1.29 is 37.1 Å². The van der Waals surface area contributed by atoms with E-state index in [1.807, 2.05) is 64.3 Å². The van der Waals surface area contributed by atoms with Crippen molar-refractivity contribution in [3.8, 4) is 16.6 Å². The molecule has 3 heterocycles. The van der Waals surface area contributed by atoms with E-state index < -0.39 is 57.1 Å². The van der Waals surface area contributed by atoms with Crippen molar-refractivity contribution in [2.75, 3.05) is 12.3 Å². The van der Waals surface area contributed by atoms with Crippen molar-refractivity contribution in [2.45, 2.75) is 163 Å². The summed E-state index contributed by atoms with van der Waals surface area (Å²) in [7, 11) is -3.62. The molecule has 5 atom stereocenters. The Bertz CT molecular complexity index is 2270. The maximum atomic E-state index is 14.2. The van der Waals surface area contributed by atoms with E-state index in [1.54, 1.807) is 32.1 Å². The Kier molecular flexibility index (Phi) is 15.8. The van der Waals surface area contributed by atoms with Gasteiger partial charge in [-0.3, -0.25) is 23.7 Å². The number of allylic oxidation sites excluding steroid dienone is 2. The van der Waals surface area contributed by atoms with Gasteiger partial charge in [0.05, 0.1) is 23.5 Å². The van der Waals surface area contributed by atoms with Crippen molar-refractivity contribution in [3.05, 3.63) is 40.9 Å². The van der Waals surface area contributed by atoms with Crippen LogP contribution in [0.4, 0.5) is 4.79 Å². The molecule has 1 saturated heterocycles. The molecule has 0 radical (unpaired) electrons. The van der Waals surface area contributed by atoms with Crippen LogP contribution in [-0.4, -0.2) is 87.8 Å². The lowest BCUT2D eigenvalue weighted by molar-refractivity contribution is -0.141. The van der Waals surface area contributed by atoms with Gasteiger partial charge in [0.2, 0.25) is 27.7 Å². The molecule has 0 unspecified atom stereocenters. The minimum Gasteiger partial charge on any atom is -0.459 e. The summed E-state index contributed by atoms with van der Waals surface area (Å²) in [6.45, 7) is 21.1. The predicted molar refractivity (Wildman–Crippen MR) is 247 cm³/mol. The van der Waals surface area contributed by atoms with E-state index in [2.05, 4.69) is 36.0 Å². The standard InChI is InChI=1S/C46H69N7O8S2/c1-12-29-24-32(29)40(55)51-63(58,59)23-18-16-14-13-15-17-22-35-36(27(2)3)48-41(62-35)31-20-19-21-33-37(31)49-43(53(33)28(4)5)60-30-25-34(39(47)54)52(26-30)42(56)38(45(6,7)8)50-44(57)61-46(9,10)11/h13,15,19-21,27-30,32,34,38H,12,14,16-18,22-26H2,1-11H3,(H2,47,54)(H,50,57)(H,51,55)/b15-13+/t29-,30-,32+,34+,38-/m1/s1. The summed E-state index contributed by atoms with van der Waals surface area (Å²) in [5.41, 5.74) is 7.88. The van der Waals surface area contributed by atoms with Gasteiger partial charge in [-0.1, -0.05) is 66.2 Å². The van der Waals surface area contributed by atoms with Gasteiger partial charge in [0.15, 0.2) is 0 Å². The number of sulfonamides is 1. The molecule has 2 aromatic heterocycles. The van der Waals surface area contributed by atoms with Crippen LogP contribution in [0.1, 0.15) is 144 Å². The molecule has 1 saturated carbocycles. The monoisotopic (exact) mass is 911 g/mol. The Morgan fingerprint density at radius 1 is 1.00 bits per heavy atom. The molecule has 1 aromatic carbocycles. The summed E-state index contributed by atoms with van der Waals surface area (Å²) in [5.74, 6) is -1.20. The average Bonchev–Trinajstić information content (AvgIpc) is 3.44. The van der Waals surface area contributed by atoms with Crippen molar-refractivity contribution in [2.24, 2.45) is 23.0 Å². The fraction of sp³-hybridized carbons (Fsp3) is 0.652. The molecule has 0 spiro atoms. The number of nitrogens with zero attached hydrogens (tertiary/aromatic N) is 4. The van der Waals surface area contributed by atoms with Gasteiger partial charge in [0.25, 0.3) is 6.01 Å². The van der Waals surface area contributed by atoms with E-state index in [0.29, 0.717) is 24.8 Å². The SMILES string of the molecule is CC[C@@H]1C[C@@H]1C(=O)NS(=O)(=O)CCCC/C=C/CCc1sc(-c2cccc3c2nc(O[C@@H]2C[C@@H](C(N)=O)N(C(=O)[C@@H](NC(=O)OC(C)(C)C)C(C)(C)C)C2)n3C(C)C)nc1C(C)C. The topological polar surface area (TPSA) is 205 Å². The number of ether oxygens (including phenoxy) is 2. The van der Waals surface area contributed by atoms with E-state index in [1.165, 1.54) is 9.78 Å². The summed E-state index contributed by atoms with van der Waals surface area (Å²) < 4.78 is 41.1. The van der Waals surface area contributed by atoms with E-state index in [4.69, 9.17) is 25.2 Å². The van der Waals surface area contributed by atoms with Crippen molar-refractivity contribution >= 4 is 56.2 Å². The van der Waals surface area contributed by atoms with Crippen LogP contribution >= 0.6 is 11.3 Å². The van der Waals surface area contributed by atoms with Gasteiger partial charge in [0.1, 0.15) is 34.3 Å². The molecule has 2 fully saturated rings. The highest BCUT2D eigenvalue weighted by Gasteiger charge is 2.46. The minimum absolute atomic E-state index is 0.0502.